The number of aromatic nitrogens is 2. The maximum absolute atomic E-state index is 12.7. The van der Waals surface area contributed by atoms with Crippen LogP contribution in [0.2, 0.25) is 0 Å². The minimum absolute atomic E-state index is 0.00695. The summed E-state index contributed by atoms with van der Waals surface area (Å²) >= 11 is 1.35. The Balaban J connectivity index is 1.78. The van der Waals surface area contributed by atoms with Crippen LogP contribution in [-0.4, -0.2) is 27.1 Å². The van der Waals surface area contributed by atoms with Gasteiger partial charge in [-0.05, 0) is 30.9 Å². The van der Waals surface area contributed by atoms with E-state index in [0.29, 0.717) is 27.9 Å². The first-order valence-electron chi connectivity index (χ1n) is 7.97. The van der Waals surface area contributed by atoms with Crippen molar-refractivity contribution in [3.8, 4) is 11.6 Å². The lowest BCUT2D eigenvalue weighted by Crippen LogP contribution is -2.25. The van der Waals surface area contributed by atoms with E-state index in [-0.39, 0.29) is 18.1 Å². The Kier molecular flexibility index (Phi) is 5.51. The van der Waals surface area contributed by atoms with Gasteiger partial charge in [0, 0.05) is 18.7 Å². The maximum Gasteiger partial charge on any atom is 0.269 e. The molecule has 0 saturated heterocycles. The number of benzene rings is 1. The molecule has 27 heavy (non-hydrogen) atoms. The predicted molar refractivity (Wildman–Crippen MR) is 101 cm³/mol. The summed E-state index contributed by atoms with van der Waals surface area (Å²) in [6.45, 7) is 1.98. The molecule has 1 N–H and O–H groups in total. The number of nitrogens with zero attached hydrogens (tertiary/aromatic N) is 3. The summed E-state index contributed by atoms with van der Waals surface area (Å²) in [5.74, 6) is 0.654. The highest BCUT2D eigenvalue weighted by molar-refractivity contribution is 7.98. The zero-order valence-electron chi connectivity index (χ0n) is 14.6. The number of hydrogen-bond donors (Lipinski definition) is 1. The Labute approximate surface area is 159 Å². The van der Waals surface area contributed by atoms with Crippen molar-refractivity contribution in [3.63, 3.8) is 0 Å². The average molecular weight is 384 g/mol. The van der Waals surface area contributed by atoms with Gasteiger partial charge < -0.3 is 9.73 Å². The Morgan fingerprint density at radius 2 is 2.00 bits per heavy atom. The molecular weight excluding hydrogens is 368 g/mol. The molecule has 0 aliphatic heterocycles. The molecule has 3 rings (SSSR count). The molecule has 1 aromatic carbocycles. The molecule has 138 valence electrons. The first-order valence-corrected chi connectivity index (χ1v) is 9.20. The number of carbonyl (C=O) groups is 1. The van der Waals surface area contributed by atoms with E-state index in [1.807, 2.05) is 6.26 Å². The first-order chi connectivity index (χ1) is 13.0. The van der Waals surface area contributed by atoms with Gasteiger partial charge in [-0.15, -0.1) is 11.8 Å². The number of nitro benzene ring substituents is 1. The van der Waals surface area contributed by atoms with Gasteiger partial charge in [0.1, 0.15) is 5.03 Å². The topological polar surface area (TPSA) is 111 Å². The van der Waals surface area contributed by atoms with Gasteiger partial charge in [0.25, 0.3) is 11.6 Å². The molecule has 0 fully saturated rings. The van der Waals surface area contributed by atoms with Gasteiger partial charge in [0.05, 0.1) is 22.4 Å². The van der Waals surface area contributed by atoms with Crippen molar-refractivity contribution >= 4 is 23.4 Å². The number of thioether (sulfide) groups is 1. The lowest BCUT2D eigenvalue weighted by molar-refractivity contribution is -0.384. The van der Waals surface area contributed by atoms with Gasteiger partial charge in [0.2, 0.25) is 0 Å². The predicted octanol–water partition coefficient (Wildman–Crippen LogP) is 3.61. The number of furan rings is 1. The van der Waals surface area contributed by atoms with Crippen LogP contribution >= 0.6 is 11.8 Å². The molecule has 1 amide bonds. The minimum atomic E-state index is -0.464. The van der Waals surface area contributed by atoms with E-state index < -0.39 is 4.92 Å². The van der Waals surface area contributed by atoms with E-state index in [2.05, 4.69) is 15.3 Å². The molecule has 8 nitrogen and oxygen atoms in total. The van der Waals surface area contributed by atoms with E-state index >= 15 is 0 Å². The van der Waals surface area contributed by atoms with Crippen LogP contribution < -0.4 is 5.32 Å². The lowest BCUT2D eigenvalue weighted by atomic mass is 10.2. The van der Waals surface area contributed by atoms with E-state index in [1.165, 1.54) is 30.2 Å². The van der Waals surface area contributed by atoms with Gasteiger partial charge in [-0.25, -0.2) is 9.97 Å². The van der Waals surface area contributed by atoms with Crippen LogP contribution in [0.4, 0.5) is 5.69 Å². The molecule has 0 bridgehead atoms. The molecule has 9 heteroatoms. The maximum atomic E-state index is 12.7. The minimum Gasteiger partial charge on any atom is -0.461 e. The van der Waals surface area contributed by atoms with E-state index in [9.17, 15) is 14.9 Å². The highest BCUT2D eigenvalue weighted by Crippen LogP contribution is 2.25. The van der Waals surface area contributed by atoms with Crippen molar-refractivity contribution in [2.75, 3.05) is 6.26 Å². The highest BCUT2D eigenvalue weighted by atomic mass is 32.2. The van der Waals surface area contributed by atoms with Gasteiger partial charge in [-0.1, -0.05) is 12.1 Å². The molecule has 3 aromatic rings. The monoisotopic (exact) mass is 384 g/mol. The van der Waals surface area contributed by atoms with Crippen molar-refractivity contribution in [1.29, 1.82) is 0 Å². The van der Waals surface area contributed by atoms with Crippen molar-refractivity contribution < 1.29 is 14.1 Å². The quantitative estimate of drug-likeness (QED) is 0.299. The third kappa shape index (κ3) is 4.14. The van der Waals surface area contributed by atoms with Gasteiger partial charge >= 0.3 is 0 Å². The Bertz CT molecular complexity index is 972. The third-order valence-electron chi connectivity index (χ3n) is 3.82. The summed E-state index contributed by atoms with van der Waals surface area (Å²) in [7, 11) is 0. The number of amides is 1. The molecular formula is C18H16N4O4S. The number of aryl methyl sites for hydroxylation is 1. The van der Waals surface area contributed by atoms with Crippen LogP contribution in [0.5, 0.6) is 0 Å². The molecule has 0 spiro atoms. The number of hydrogen-bond acceptors (Lipinski definition) is 7. The van der Waals surface area contributed by atoms with Crippen LogP contribution in [-0.2, 0) is 6.54 Å². The summed E-state index contributed by atoms with van der Waals surface area (Å²) in [6, 6.07) is 9.53. The fourth-order valence-electron chi connectivity index (χ4n) is 2.48. The number of non-ortho nitro benzene ring substituents is 1. The SMILES string of the molecule is CSc1nc(-c2ccco2)nc(C)c1C(=O)NCc1ccc([N+](=O)[O-])cc1. The zero-order chi connectivity index (χ0) is 19.4. The normalized spacial score (nSPS) is 10.6. The summed E-state index contributed by atoms with van der Waals surface area (Å²) in [6.07, 6.45) is 3.37. The number of nitro groups is 1. The average Bonchev–Trinajstić information content (AvgIpc) is 3.20. The summed E-state index contributed by atoms with van der Waals surface area (Å²) in [5.41, 5.74) is 1.71. The molecule has 0 aliphatic carbocycles. The van der Waals surface area contributed by atoms with Gasteiger partial charge in [-0.3, -0.25) is 14.9 Å². The third-order valence-corrected chi connectivity index (χ3v) is 4.50. The lowest BCUT2D eigenvalue weighted by Gasteiger charge is -2.11. The van der Waals surface area contributed by atoms with Crippen LogP contribution in [0.15, 0.2) is 52.1 Å². The fourth-order valence-corrected chi connectivity index (χ4v) is 3.10. The molecule has 2 aromatic heterocycles. The summed E-state index contributed by atoms with van der Waals surface area (Å²) < 4.78 is 5.32. The van der Waals surface area contributed by atoms with Crippen molar-refractivity contribution in [2.45, 2.75) is 18.5 Å². The smallest absolute Gasteiger partial charge is 0.269 e. The van der Waals surface area contributed by atoms with Gasteiger partial charge in [-0.2, -0.15) is 0 Å². The second-order valence-corrected chi connectivity index (χ2v) is 6.40. The Hall–Kier alpha value is -3.20. The van der Waals surface area contributed by atoms with Crippen LogP contribution in [0.3, 0.4) is 0 Å². The molecule has 2 heterocycles. The largest absolute Gasteiger partial charge is 0.461 e. The number of carbonyl (C=O) groups excluding carboxylic acids is 1. The molecule has 0 radical (unpaired) electrons. The van der Waals surface area contributed by atoms with E-state index in [4.69, 9.17) is 4.42 Å². The first kappa shape index (κ1) is 18.6. The summed E-state index contributed by atoms with van der Waals surface area (Å²) in [5, 5.41) is 14.1. The number of rotatable bonds is 6. The molecule has 0 unspecified atom stereocenters. The number of nitrogens with one attached hydrogen (secondary N) is 1. The Morgan fingerprint density at radius 3 is 2.59 bits per heavy atom. The highest BCUT2D eigenvalue weighted by Gasteiger charge is 2.19. The standard InChI is InChI=1S/C18H16N4O4S/c1-11-15(18(27-2)21-16(20-11)14-4-3-9-26-14)17(23)19-10-12-5-7-13(8-6-12)22(24)25/h3-9H,10H2,1-2H3,(H,19,23). The van der Waals surface area contributed by atoms with Crippen molar-refractivity contribution in [1.82, 2.24) is 15.3 Å². The zero-order valence-corrected chi connectivity index (χ0v) is 15.4. The summed E-state index contributed by atoms with van der Waals surface area (Å²) in [4.78, 5) is 31.7. The van der Waals surface area contributed by atoms with Crippen molar-refractivity contribution in [2.24, 2.45) is 0 Å². The van der Waals surface area contributed by atoms with Crippen LogP contribution in [0.25, 0.3) is 11.6 Å². The van der Waals surface area contributed by atoms with Crippen LogP contribution in [0.1, 0.15) is 21.6 Å². The van der Waals surface area contributed by atoms with Gasteiger partial charge in [0.15, 0.2) is 11.6 Å². The van der Waals surface area contributed by atoms with Crippen LogP contribution in [0, 0.1) is 17.0 Å². The molecule has 0 aliphatic rings. The van der Waals surface area contributed by atoms with E-state index in [0.717, 1.165) is 5.56 Å². The second-order valence-electron chi connectivity index (χ2n) is 5.60. The fraction of sp³-hybridized carbons (Fsp3) is 0.167. The van der Waals surface area contributed by atoms with Crippen molar-refractivity contribution in [3.05, 3.63) is 69.6 Å². The second kappa shape index (κ2) is 8.00. The molecule has 0 atom stereocenters. The van der Waals surface area contributed by atoms with E-state index in [1.54, 1.807) is 31.2 Å². The molecule has 0 saturated carbocycles. The Morgan fingerprint density at radius 1 is 1.26 bits per heavy atom.